The van der Waals surface area contributed by atoms with Crippen LogP contribution < -0.4 is 10.2 Å². The molecule has 7 nitrogen and oxygen atoms in total. The van der Waals surface area contributed by atoms with Gasteiger partial charge in [0.1, 0.15) is 11.5 Å². The van der Waals surface area contributed by atoms with E-state index in [9.17, 15) is 9.90 Å². The molecule has 180 valence electrons. The molecule has 0 radical (unpaired) electrons. The Kier molecular flexibility index (Phi) is 5.92. The monoisotopic (exact) mass is 528 g/mol. The van der Waals surface area contributed by atoms with Crippen LogP contribution in [0.15, 0.2) is 40.9 Å². The molecular weight excluding hydrogens is 507 g/mol. The summed E-state index contributed by atoms with van der Waals surface area (Å²) in [4.78, 5) is 18.3. The number of thiazole rings is 1. The number of carbonyl (C=O) groups is 1. The number of nitrogens with zero attached hydrogens (tertiary/aromatic N) is 3. The van der Waals surface area contributed by atoms with Crippen molar-refractivity contribution >= 4 is 55.9 Å². The third kappa shape index (κ3) is 4.40. The van der Waals surface area contributed by atoms with Crippen LogP contribution in [0.2, 0.25) is 10.0 Å². The number of benzene rings is 2. The van der Waals surface area contributed by atoms with Crippen molar-refractivity contribution < 1.29 is 14.4 Å². The number of hydrogen-bond donors (Lipinski definition) is 2. The Morgan fingerprint density at radius 3 is 2.74 bits per heavy atom. The van der Waals surface area contributed by atoms with Gasteiger partial charge in [-0.05, 0) is 49.6 Å². The van der Waals surface area contributed by atoms with E-state index in [1.165, 1.54) is 11.3 Å². The quantitative estimate of drug-likeness (QED) is 0.295. The highest BCUT2D eigenvalue weighted by Gasteiger charge is 2.34. The number of aromatic carboxylic acids is 1. The summed E-state index contributed by atoms with van der Waals surface area (Å²) in [5.74, 6) is 0.413. The van der Waals surface area contributed by atoms with Crippen LogP contribution in [-0.2, 0) is 6.54 Å². The third-order valence-electron chi connectivity index (χ3n) is 6.62. The first kappa shape index (κ1) is 22.8. The molecule has 6 rings (SSSR count). The lowest BCUT2D eigenvalue weighted by molar-refractivity contribution is 0.0697. The number of carboxylic acids is 1. The van der Waals surface area contributed by atoms with E-state index in [0.29, 0.717) is 33.8 Å². The van der Waals surface area contributed by atoms with Crippen LogP contribution >= 0.6 is 34.5 Å². The highest BCUT2D eigenvalue weighted by atomic mass is 35.5. The van der Waals surface area contributed by atoms with E-state index < -0.39 is 5.97 Å². The van der Waals surface area contributed by atoms with Crippen molar-refractivity contribution in [1.82, 2.24) is 15.5 Å². The van der Waals surface area contributed by atoms with Crippen LogP contribution in [0.1, 0.15) is 46.9 Å². The fourth-order valence-electron chi connectivity index (χ4n) is 4.61. The van der Waals surface area contributed by atoms with Crippen molar-refractivity contribution in [2.75, 3.05) is 18.0 Å². The zero-order valence-electron chi connectivity index (χ0n) is 18.6. The van der Waals surface area contributed by atoms with Gasteiger partial charge >= 0.3 is 5.97 Å². The summed E-state index contributed by atoms with van der Waals surface area (Å²) in [6.45, 7) is 2.32. The van der Waals surface area contributed by atoms with Gasteiger partial charge in [0.05, 0.1) is 25.8 Å². The van der Waals surface area contributed by atoms with Crippen molar-refractivity contribution in [3.63, 3.8) is 0 Å². The Morgan fingerprint density at radius 2 is 2.00 bits per heavy atom. The number of halogens is 2. The second kappa shape index (κ2) is 9.09. The maximum absolute atomic E-state index is 11.3. The van der Waals surface area contributed by atoms with Crippen molar-refractivity contribution in [1.29, 1.82) is 0 Å². The van der Waals surface area contributed by atoms with Crippen LogP contribution in [-0.4, -0.2) is 40.3 Å². The maximum atomic E-state index is 11.3. The van der Waals surface area contributed by atoms with Crippen LogP contribution in [0.3, 0.4) is 0 Å². The molecule has 2 aliphatic rings. The van der Waals surface area contributed by atoms with Crippen LogP contribution in [0, 0.1) is 0 Å². The van der Waals surface area contributed by atoms with Gasteiger partial charge in [-0.1, -0.05) is 45.8 Å². The molecule has 0 spiro atoms. The lowest BCUT2D eigenvalue weighted by Gasteiger charge is -2.16. The van der Waals surface area contributed by atoms with Crippen LogP contribution in [0.4, 0.5) is 5.13 Å². The molecule has 4 aromatic rings. The minimum Gasteiger partial charge on any atom is -0.478 e. The van der Waals surface area contributed by atoms with Crippen molar-refractivity contribution in [2.45, 2.75) is 37.8 Å². The van der Waals surface area contributed by atoms with Gasteiger partial charge < -0.3 is 19.8 Å². The topological polar surface area (TPSA) is 91.5 Å². The van der Waals surface area contributed by atoms with Crippen LogP contribution in [0.5, 0.6) is 0 Å². The normalized spacial score (nSPS) is 18.0. The summed E-state index contributed by atoms with van der Waals surface area (Å²) in [6.07, 6.45) is 3.19. The molecule has 10 heteroatoms. The Labute approximate surface area is 215 Å². The SMILES string of the molecule is O=C(O)c1ccc2nc(N3CCC(NCc4c(-c5c(Cl)cccc5Cl)noc4C4CC4)C3)sc2c1. The van der Waals surface area contributed by atoms with E-state index in [0.717, 1.165) is 59.0 Å². The number of nitrogens with one attached hydrogen (secondary N) is 1. The highest BCUT2D eigenvalue weighted by molar-refractivity contribution is 7.22. The number of aromatic nitrogens is 2. The average molecular weight is 529 g/mol. The van der Waals surface area contributed by atoms with Gasteiger partial charge in [0.2, 0.25) is 0 Å². The van der Waals surface area contributed by atoms with Crippen molar-refractivity contribution in [3.05, 3.63) is 63.3 Å². The van der Waals surface area contributed by atoms with Gasteiger partial charge in [-0.15, -0.1) is 0 Å². The molecule has 2 fully saturated rings. The molecular formula is C25H22Cl2N4O3S. The number of anilines is 1. The first-order valence-corrected chi connectivity index (χ1v) is 13.1. The fourth-order valence-corrected chi connectivity index (χ4v) is 6.22. The molecule has 1 atom stereocenters. The van der Waals surface area contributed by atoms with Crippen LogP contribution in [0.25, 0.3) is 21.5 Å². The smallest absolute Gasteiger partial charge is 0.335 e. The van der Waals surface area contributed by atoms with Gasteiger partial charge in [-0.3, -0.25) is 0 Å². The van der Waals surface area contributed by atoms with E-state index in [1.807, 2.05) is 18.2 Å². The highest BCUT2D eigenvalue weighted by Crippen LogP contribution is 2.46. The number of fused-ring (bicyclic) bond motifs is 1. The summed E-state index contributed by atoms with van der Waals surface area (Å²) >= 11 is 14.5. The lowest BCUT2D eigenvalue weighted by atomic mass is 10.0. The van der Waals surface area contributed by atoms with Gasteiger partial charge in [-0.25, -0.2) is 9.78 Å². The second-order valence-electron chi connectivity index (χ2n) is 9.04. The Bertz CT molecular complexity index is 1410. The van der Waals surface area contributed by atoms with E-state index >= 15 is 0 Å². The number of carboxylic acid groups (broad SMARTS) is 1. The molecule has 2 aromatic carbocycles. The molecule has 1 aliphatic heterocycles. The Hall–Kier alpha value is -2.65. The minimum atomic E-state index is -0.927. The first-order chi connectivity index (χ1) is 17.0. The van der Waals surface area contributed by atoms with Gasteiger partial charge in [0.25, 0.3) is 0 Å². The summed E-state index contributed by atoms with van der Waals surface area (Å²) < 4.78 is 6.67. The zero-order valence-corrected chi connectivity index (χ0v) is 21.0. The molecule has 2 aromatic heterocycles. The molecule has 1 unspecified atom stereocenters. The minimum absolute atomic E-state index is 0.271. The average Bonchev–Trinajstić information content (AvgIpc) is 3.24. The first-order valence-electron chi connectivity index (χ1n) is 11.5. The van der Waals surface area contributed by atoms with Gasteiger partial charge in [-0.2, -0.15) is 0 Å². The predicted molar refractivity (Wildman–Crippen MR) is 138 cm³/mol. The van der Waals surface area contributed by atoms with Crippen molar-refractivity contribution in [2.24, 2.45) is 0 Å². The number of hydrogen-bond acceptors (Lipinski definition) is 7. The van der Waals surface area contributed by atoms with E-state index in [-0.39, 0.29) is 11.6 Å². The molecule has 35 heavy (non-hydrogen) atoms. The molecule has 1 aliphatic carbocycles. The second-order valence-corrected chi connectivity index (χ2v) is 10.9. The third-order valence-corrected chi connectivity index (χ3v) is 8.33. The molecule has 1 saturated carbocycles. The maximum Gasteiger partial charge on any atom is 0.335 e. The van der Waals surface area contributed by atoms with E-state index in [2.05, 4.69) is 15.4 Å². The summed E-state index contributed by atoms with van der Waals surface area (Å²) in [5, 5.41) is 19.3. The summed E-state index contributed by atoms with van der Waals surface area (Å²) in [5.41, 5.74) is 3.56. The lowest BCUT2D eigenvalue weighted by Crippen LogP contribution is -2.32. The Balaban J connectivity index is 1.19. The van der Waals surface area contributed by atoms with E-state index in [1.54, 1.807) is 18.2 Å². The fraction of sp³-hybridized carbons (Fsp3) is 0.320. The van der Waals surface area contributed by atoms with Gasteiger partial charge in [0, 0.05) is 42.7 Å². The number of rotatable bonds is 7. The summed E-state index contributed by atoms with van der Waals surface area (Å²) in [7, 11) is 0. The summed E-state index contributed by atoms with van der Waals surface area (Å²) in [6, 6.07) is 10.8. The predicted octanol–water partition coefficient (Wildman–Crippen LogP) is 6.20. The molecule has 0 bridgehead atoms. The van der Waals surface area contributed by atoms with Crippen molar-refractivity contribution in [3.8, 4) is 11.3 Å². The molecule has 2 N–H and O–H groups in total. The molecule has 0 amide bonds. The standard InChI is InChI=1S/C25H22Cl2N4O3S/c26-17-2-1-3-18(27)21(17)22-16(23(34-30-22)13-4-5-13)11-28-15-8-9-31(12-15)25-29-19-7-6-14(24(32)33)10-20(19)35-25/h1-3,6-7,10,13,15,28H,4-5,8-9,11-12H2,(H,32,33). The van der Waals surface area contributed by atoms with E-state index in [4.69, 9.17) is 32.7 Å². The molecule has 1 saturated heterocycles. The molecule has 3 heterocycles. The Morgan fingerprint density at radius 1 is 1.20 bits per heavy atom. The zero-order chi connectivity index (χ0) is 24.1. The largest absolute Gasteiger partial charge is 0.478 e. The van der Waals surface area contributed by atoms with Gasteiger partial charge in [0.15, 0.2) is 5.13 Å².